The smallest absolute Gasteiger partial charge is 0.335 e. The molecule has 1 unspecified atom stereocenters. The highest BCUT2D eigenvalue weighted by Crippen LogP contribution is 2.42. The largest absolute Gasteiger partial charge is 0.478 e. The number of benzene rings is 2. The Morgan fingerprint density at radius 1 is 1.17 bits per heavy atom. The van der Waals surface area contributed by atoms with Crippen molar-refractivity contribution >= 4 is 35.0 Å². The molecule has 1 N–H and O–H groups in total. The molecule has 24 heavy (non-hydrogen) atoms. The lowest BCUT2D eigenvalue weighted by molar-refractivity contribution is -0.384. The standard InChI is InChI=1S/C16H12N2O5S/c19-14-9-24-15(10-1-7-13(8-2-10)18(22)23)17(14)12-5-3-11(4-6-12)16(20)21/h1-8,15H,9H2,(H,20,21). The fraction of sp³-hybridized carbons (Fsp3) is 0.125. The van der Waals surface area contributed by atoms with E-state index in [1.165, 1.54) is 36.0 Å². The van der Waals surface area contributed by atoms with Gasteiger partial charge in [0.2, 0.25) is 5.91 Å². The molecule has 1 heterocycles. The summed E-state index contributed by atoms with van der Waals surface area (Å²) in [6, 6.07) is 12.1. The van der Waals surface area contributed by atoms with Crippen LogP contribution in [0.1, 0.15) is 21.3 Å². The van der Waals surface area contributed by atoms with Crippen LogP contribution >= 0.6 is 11.8 Å². The molecule has 3 rings (SSSR count). The molecule has 122 valence electrons. The van der Waals surface area contributed by atoms with Crippen LogP contribution in [-0.4, -0.2) is 27.7 Å². The zero-order valence-electron chi connectivity index (χ0n) is 12.3. The third-order valence-corrected chi connectivity index (χ3v) is 4.86. The molecular weight excluding hydrogens is 332 g/mol. The van der Waals surface area contributed by atoms with Crippen LogP contribution in [-0.2, 0) is 4.79 Å². The molecular formula is C16H12N2O5S. The number of aromatic carboxylic acids is 1. The number of rotatable bonds is 4. The zero-order valence-corrected chi connectivity index (χ0v) is 13.1. The van der Waals surface area contributed by atoms with Gasteiger partial charge in [0, 0.05) is 17.8 Å². The summed E-state index contributed by atoms with van der Waals surface area (Å²) >= 11 is 1.42. The third kappa shape index (κ3) is 2.95. The topological polar surface area (TPSA) is 101 Å². The minimum absolute atomic E-state index is 0.00886. The quantitative estimate of drug-likeness (QED) is 0.676. The highest BCUT2D eigenvalue weighted by atomic mass is 32.2. The normalized spacial score (nSPS) is 17.1. The number of carbonyl (C=O) groups is 2. The molecule has 1 saturated heterocycles. The number of nitro groups is 1. The lowest BCUT2D eigenvalue weighted by Crippen LogP contribution is -2.27. The second-order valence-electron chi connectivity index (χ2n) is 5.13. The number of nitrogens with zero attached hydrogens (tertiary/aromatic N) is 2. The van der Waals surface area contributed by atoms with Crippen molar-refractivity contribution in [3.8, 4) is 0 Å². The number of carbonyl (C=O) groups excluding carboxylic acids is 1. The molecule has 1 aliphatic rings. The molecule has 1 atom stereocenters. The highest BCUT2D eigenvalue weighted by Gasteiger charge is 2.34. The molecule has 1 fully saturated rings. The van der Waals surface area contributed by atoms with E-state index in [1.807, 2.05) is 0 Å². The molecule has 7 nitrogen and oxygen atoms in total. The van der Waals surface area contributed by atoms with Crippen LogP contribution in [0.3, 0.4) is 0 Å². The molecule has 8 heteroatoms. The Labute approximate surface area is 141 Å². The third-order valence-electron chi connectivity index (χ3n) is 3.65. The minimum atomic E-state index is -1.03. The van der Waals surface area contributed by atoms with Crippen molar-refractivity contribution in [2.75, 3.05) is 10.7 Å². The van der Waals surface area contributed by atoms with Crippen molar-refractivity contribution in [3.05, 3.63) is 69.8 Å². The second-order valence-corrected chi connectivity index (χ2v) is 6.20. The Hall–Kier alpha value is -2.87. The number of carboxylic acid groups (broad SMARTS) is 1. The summed E-state index contributed by atoms with van der Waals surface area (Å²) in [6.07, 6.45) is 0. The summed E-state index contributed by atoms with van der Waals surface area (Å²) < 4.78 is 0. The summed E-state index contributed by atoms with van der Waals surface area (Å²) in [5, 5.41) is 19.4. The van der Waals surface area contributed by atoms with E-state index in [-0.39, 0.29) is 22.5 Å². The molecule has 0 bridgehead atoms. The van der Waals surface area contributed by atoms with Gasteiger partial charge in [0.25, 0.3) is 5.69 Å². The molecule has 2 aromatic rings. The monoisotopic (exact) mass is 344 g/mol. The van der Waals surface area contributed by atoms with Gasteiger partial charge < -0.3 is 5.11 Å². The molecule has 0 radical (unpaired) electrons. The maximum Gasteiger partial charge on any atom is 0.335 e. The number of anilines is 1. The molecule has 0 spiro atoms. The fourth-order valence-electron chi connectivity index (χ4n) is 2.48. The van der Waals surface area contributed by atoms with Gasteiger partial charge in [-0.05, 0) is 42.0 Å². The molecule has 1 amide bonds. The number of non-ortho nitro benzene ring substituents is 1. The van der Waals surface area contributed by atoms with Crippen LogP contribution in [0.15, 0.2) is 48.5 Å². The van der Waals surface area contributed by atoms with Gasteiger partial charge in [-0.3, -0.25) is 19.8 Å². The van der Waals surface area contributed by atoms with Gasteiger partial charge in [-0.25, -0.2) is 4.79 Å². The molecule has 1 aliphatic heterocycles. The van der Waals surface area contributed by atoms with E-state index in [4.69, 9.17) is 5.11 Å². The minimum Gasteiger partial charge on any atom is -0.478 e. The first-order valence-electron chi connectivity index (χ1n) is 6.99. The average molecular weight is 344 g/mol. The van der Waals surface area contributed by atoms with E-state index in [2.05, 4.69) is 0 Å². The van der Waals surface area contributed by atoms with Crippen molar-refractivity contribution in [2.24, 2.45) is 0 Å². The summed E-state index contributed by atoms with van der Waals surface area (Å²) in [4.78, 5) is 35.0. The number of carboxylic acids is 1. The Bertz CT molecular complexity index is 804. The van der Waals surface area contributed by atoms with Crippen molar-refractivity contribution in [2.45, 2.75) is 5.37 Å². The van der Waals surface area contributed by atoms with E-state index in [0.29, 0.717) is 11.4 Å². The van der Waals surface area contributed by atoms with E-state index in [9.17, 15) is 19.7 Å². The second kappa shape index (κ2) is 6.32. The fourth-order valence-corrected chi connectivity index (χ4v) is 3.65. The first-order valence-corrected chi connectivity index (χ1v) is 8.03. The summed E-state index contributed by atoms with van der Waals surface area (Å²) in [7, 11) is 0. The van der Waals surface area contributed by atoms with Gasteiger partial charge in [0.15, 0.2) is 0 Å². The van der Waals surface area contributed by atoms with E-state index in [1.54, 1.807) is 29.2 Å². The van der Waals surface area contributed by atoms with Crippen molar-refractivity contribution in [3.63, 3.8) is 0 Å². The number of nitro benzene ring substituents is 1. The Morgan fingerprint density at radius 3 is 2.33 bits per heavy atom. The van der Waals surface area contributed by atoms with Crippen LogP contribution in [0.2, 0.25) is 0 Å². The molecule has 0 aliphatic carbocycles. The number of hydrogen-bond acceptors (Lipinski definition) is 5. The first kappa shape index (κ1) is 16.0. The predicted octanol–water partition coefficient (Wildman–Crippen LogP) is 3.07. The predicted molar refractivity (Wildman–Crippen MR) is 89.2 cm³/mol. The molecule has 2 aromatic carbocycles. The van der Waals surface area contributed by atoms with Crippen LogP contribution in [0.5, 0.6) is 0 Å². The van der Waals surface area contributed by atoms with E-state index >= 15 is 0 Å². The van der Waals surface area contributed by atoms with Crippen LogP contribution in [0.25, 0.3) is 0 Å². The zero-order chi connectivity index (χ0) is 17.3. The Balaban J connectivity index is 1.91. The Kier molecular flexibility index (Phi) is 4.22. The maximum atomic E-state index is 12.2. The summed E-state index contributed by atoms with van der Waals surface area (Å²) in [5.41, 5.74) is 1.51. The first-order chi connectivity index (χ1) is 11.5. The van der Waals surface area contributed by atoms with Crippen molar-refractivity contribution < 1.29 is 19.6 Å². The lowest BCUT2D eigenvalue weighted by atomic mass is 10.1. The van der Waals surface area contributed by atoms with Gasteiger partial charge in [0.1, 0.15) is 5.37 Å². The summed E-state index contributed by atoms with van der Waals surface area (Å²) in [6.45, 7) is 0. The van der Waals surface area contributed by atoms with Crippen molar-refractivity contribution in [1.29, 1.82) is 0 Å². The van der Waals surface area contributed by atoms with Gasteiger partial charge in [-0.2, -0.15) is 0 Å². The average Bonchev–Trinajstić information content (AvgIpc) is 2.96. The Morgan fingerprint density at radius 2 is 1.79 bits per heavy atom. The maximum absolute atomic E-state index is 12.2. The molecule has 0 aromatic heterocycles. The SMILES string of the molecule is O=C(O)c1ccc(N2C(=O)CSC2c2ccc([N+](=O)[O-])cc2)cc1. The molecule has 0 saturated carbocycles. The van der Waals surface area contributed by atoms with Crippen LogP contribution < -0.4 is 4.90 Å². The lowest BCUT2D eigenvalue weighted by Gasteiger charge is -2.24. The highest BCUT2D eigenvalue weighted by molar-refractivity contribution is 8.00. The van der Waals surface area contributed by atoms with Gasteiger partial charge in [-0.1, -0.05) is 0 Å². The van der Waals surface area contributed by atoms with Crippen molar-refractivity contribution in [1.82, 2.24) is 0 Å². The van der Waals surface area contributed by atoms with Gasteiger partial charge >= 0.3 is 5.97 Å². The van der Waals surface area contributed by atoms with Gasteiger partial charge in [-0.15, -0.1) is 11.8 Å². The number of hydrogen-bond donors (Lipinski definition) is 1. The van der Waals surface area contributed by atoms with Gasteiger partial charge in [0.05, 0.1) is 16.2 Å². The van der Waals surface area contributed by atoms with E-state index < -0.39 is 10.9 Å². The number of amides is 1. The van der Waals surface area contributed by atoms with Crippen LogP contribution in [0.4, 0.5) is 11.4 Å². The number of thioether (sulfide) groups is 1. The van der Waals surface area contributed by atoms with Crippen LogP contribution in [0, 0.1) is 10.1 Å². The van der Waals surface area contributed by atoms with E-state index in [0.717, 1.165) is 5.56 Å². The summed E-state index contributed by atoms with van der Waals surface area (Å²) in [5.74, 6) is -0.829.